The van der Waals surface area contributed by atoms with Crippen molar-refractivity contribution in [3.8, 4) is 0 Å². The first-order valence-corrected chi connectivity index (χ1v) is 6.66. The third kappa shape index (κ3) is 2.88. The van der Waals surface area contributed by atoms with Crippen molar-refractivity contribution in [1.82, 2.24) is 13.7 Å². The van der Waals surface area contributed by atoms with Gasteiger partial charge in [0.05, 0.1) is 0 Å². The fourth-order valence-electron chi connectivity index (χ4n) is 2.03. The van der Waals surface area contributed by atoms with Crippen molar-refractivity contribution in [2.45, 2.75) is 60.2 Å². The molecule has 0 atom stereocenters. The van der Waals surface area contributed by atoms with Gasteiger partial charge in [0.1, 0.15) is 0 Å². The SMILES string of the molecule is CC(C)Cn1c(=O)n(C(C)C)c(=O)n(C(C)C)c1=O. The maximum absolute atomic E-state index is 12.3. The topological polar surface area (TPSA) is 66.0 Å². The van der Waals surface area contributed by atoms with Crippen LogP contribution in [0.2, 0.25) is 0 Å². The number of aromatic nitrogens is 3. The molecule has 6 heteroatoms. The van der Waals surface area contributed by atoms with Crippen LogP contribution in [0.25, 0.3) is 0 Å². The molecule has 0 radical (unpaired) electrons. The highest BCUT2D eigenvalue weighted by atomic mass is 16.2. The van der Waals surface area contributed by atoms with Gasteiger partial charge in [-0.05, 0) is 33.6 Å². The van der Waals surface area contributed by atoms with Crippen LogP contribution in [0.1, 0.15) is 53.6 Å². The van der Waals surface area contributed by atoms with Crippen LogP contribution in [0.4, 0.5) is 0 Å². The molecule has 108 valence electrons. The predicted molar refractivity (Wildman–Crippen MR) is 74.8 cm³/mol. The van der Waals surface area contributed by atoms with E-state index in [2.05, 4.69) is 0 Å². The molecule has 0 aliphatic carbocycles. The van der Waals surface area contributed by atoms with Crippen molar-refractivity contribution in [2.75, 3.05) is 0 Å². The first-order chi connectivity index (χ1) is 8.68. The van der Waals surface area contributed by atoms with E-state index in [0.717, 1.165) is 13.7 Å². The summed E-state index contributed by atoms with van der Waals surface area (Å²) in [5.41, 5.74) is -1.56. The van der Waals surface area contributed by atoms with Crippen molar-refractivity contribution < 1.29 is 0 Å². The second-order valence-electron chi connectivity index (χ2n) is 5.78. The van der Waals surface area contributed by atoms with Gasteiger partial charge in [0, 0.05) is 18.6 Å². The van der Waals surface area contributed by atoms with Gasteiger partial charge in [-0.3, -0.25) is 0 Å². The number of hydrogen-bond acceptors (Lipinski definition) is 3. The highest BCUT2D eigenvalue weighted by Gasteiger charge is 2.19. The average Bonchev–Trinajstić information content (AvgIpc) is 2.22. The second kappa shape index (κ2) is 5.59. The first-order valence-electron chi connectivity index (χ1n) is 6.66. The summed E-state index contributed by atoms with van der Waals surface area (Å²) in [6.07, 6.45) is 0. The highest BCUT2D eigenvalue weighted by molar-refractivity contribution is 4.83. The molecule has 0 aliphatic rings. The van der Waals surface area contributed by atoms with E-state index in [0.29, 0.717) is 6.54 Å². The minimum absolute atomic E-state index is 0.157. The van der Waals surface area contributed by atoms with Crippen LogP contribution in [-0.2, 0) is 6.54 Å². The Hall–Kier alpha value is -1.59. The Bertz CT molecular complexity index is 571. The largest absolute Gasteiger partial charge is 0.336 e. The van der Waals surface area contributed by atoms with E-state index in [4.69, 9.17) is 0 Å². The Morgan fingerprint density at radius 2 is 1.11 bits per heavy atom. The van der Waals surface area contributed by atoms with Crippen LogP contribution in [0.5, 0.6) is 0 Å². The van der Waals surface area contributed by atoms with Crippen LogP contribution < -0.4 is 17.1 Å². The zero-order valence-electron chi connectivity index (χ0n) is 12.5. The Morgan fingerprint density at radius 3 is 1.37 bits per heavy atom. The van der Waals surface area contributed by atoms with Gasteiger partial charge in [-0.1, -0.05) is 13.8 Å². The van der Waals surface area contributed by atoms with Gasteiger partial charge >= 0.3 is 17.1 Å². The maximum atomic E-state index is 12.3. The highest BCUT2D eigenvalue weighted by Crippen LogP contribution is 1.99. The summed E-state index contributed by atoms with van der Waals surface area (Å²) in [5.74, 6) is 0.157. The Morgan fingerprint density at radius 1 is 0.737 bits per heavy atom. The minimum atomic E-state index is -0.528. The standard InChI is InChI=1S/C13H23N3O3/c1-8(2)7-14-11(17)15(9(3)4)13(19)16(10(5)6)12(14)18/h8-10H,7H2,1-6H3. The normalized spacial score (nSPS) is 11.8. The molecule has 0 bridgehead atoms. The summed E-state index contributed by atoms with van der Waals surface area (Å²) in [7, 11) is 0. The second-order valence-corrected chi connectivity index (χ2v) is 5.78. The van der Waals surface area contributed by atoms with Crippen LogP contribution in [0.3, 0.4) is 0 Å². The lowest BCUT2D eigenvalue weighted by molar-refractivity contribution is 0.374. The Kier molecular flexibility index (Phi) is 4.55. The molecule has 0 saturated carbocycles. The molecule has 0 spiro atoms. The van der Waals surface area contributed by atoms with Crippen molar-refractivity contribution >= 4 is 0 Å². The third-order valence-corrected chi connectivity index (χ3v) is 2.87. The zero-order valence-corrected chi connectivity index (χ0v) is 12.5. The van der Waals surface area contributed by atoms with Crippen molar-refractivity contribution in [2.24, 2.45) is 5.92 Å². The molecule has 0 aromatic carbocycles. The van der Waals surface area contributed by atoms with Gasteiger partial charge in [-0.25, -0.2) is 28.1 Å². The first kappa shape index (κ1) is 15.5. The van der Waals surface area contributed by atoms with Crippen LogP contribution >= 0.6 is 0 Å². The molecule has 1 heterocycles. The molecule has 0 unspecified atom stereocenters. The molecule has 0 N–H and O–H groups in total. The van der Waals surface area contributed by atoms with Crippen molar-refractivity contribution in [3.05, 3.63) is 31.5 Å². The van der Waals surface area contributed by atoms with Crippen LogP contribution in [0.15, 0.2) is 14.4 Å². The van der Waals surface area contributed by atoms with Crippen LogP contribution in [0, 0.1) is 5.92 Å². The smallest absolute Gasteiger partial charge is 0.247 e. The van der Waals surface area contributed by atoms with Crippen LogP contribution in [-0.4, -0.2) is 13.7 Å². The molecule has 0 aliphatic heterocycles. The molecule has 1 aromatic rings. The minimum Gasteiger partial charge on any atom is -0.247 e. The predicted octanol–water partition coefficient (Wildman–Crippen LogP) is 0.989. The fourth-order valence-corrected chi connectivity index (χ4v) is 2.03. The van der Waals surface area contributed by atoms with E-state index < -0.39 is 17.1 Å². The van der Waals surface area contributed by atoms with E-state index in [1.54, 1.807) is 27.7 Å². The van der Waals surface area contributed by atoms with Crippen molar-refractivity contribution in [1.29, 1.82) is 0 Å². The van der Waals surface area contributed by atoms with Gasteiger partial charge < -0.3 is 0 Å². The summed E-state index contributed by atoms with van der Waals surface area (Å²) in [5, 5.41) is 0. The molecule has 0 saturated heterocycles. The van der Waals surface area contributed by atoms with E-state index in [-0.39, 0.29) is 18.0 Å². The average molecular weight is 269 g/mol. The van der Waals surface area contributed by atoms with E-state index >= 15 is 0 Å². The zero-order chi connectivity index (χ0) is 14.9. The van der Waals surface area contributed by atoms with Gasteiger partial charge in [0.25, 0.3) is 0 Å². The molecule has 1 aromatic heterocycles. The molecular weight excluding hydrogens is 246 g/mol. The van der Waals surface area contributed by atoms with E-state index in [9.17, 15) is 14.4 Å². The monoisotopic (exact) mass is 269 g/mol. The Balaban J connectivity index is 3.81. The van der Waals surface area contributed by atoms with E-state index in [1.807, 2.05) is 13.8 Å². The maximum Gasteiger partial charge on any atom is 0.336 e. The molecule has 19 heavy (non-hydrogen) atoms. The van der Waals surface area contributed by atoms with Gasteiger partial charge in [-0.2, -0.15) is 0 Å². The summed E-state index contributed by atoms with van der Waals surface area (Å²) < 4.78 is 3.44. The van der Waals surface area contributed by atoms with Gasteiger partial charge in [0.15, 0.2) is 0 Å². The molecule has 1 rings (SSSR count). The summed E-state index contributed by atoms with van der Waals surface area (Å²) >= 11 is 0. The summed E-state index contributed by atoms with van der Waals surface area (Å²) in [6, 6.07) is -0.548. The number of rotatable bonds is 4. The molecule has 0 fully saturated rings. The van der Waals surface area contributed by atoms with Gasteiger partial charge in [0.2, 0.25) is 0 Å². The quantitative estimate of drug-likeness (QED) is 0.818. The van der Waals surface area contributed by atoms with Crippen molar-refractivity contribution in [3.63, 3.8) is 0 Å². The third-order valence-electron chi connectivity index (χ3n) is 2.87. The summed E-state index contributed by atoms with van der Waals surface area (Å²) in [4.78, 5) is 36.8. The Labute approximate surface area is 112 Å². The molecule has 6 nitrogen and oxygen atoms in total. The number of hydrogen-bond donors (Lipinski definition) is 0. The number of nitrogens with zero attached hydrogens (tertiary/aromatic N) is 3. The molecule has 0 amide bonds. The lowest BCUT2D eigenvalue weighted by Crippen LogP contribution is -2.55. The van der Waals surface area contributed by atoms with Gasteiger partial charge in [-0.15, -0.1) is 0 Å². The van der Waals surface area contributed by atoms with E-state index in [1.165, 1.54) is 0 Å². The summed E-state index contributed by atoms with van der Waals surface area (Å²) in [6.45, 7) is 11.2. The fraction of sp³-hybridized carbons (Fsp3) is 0.769. The molecular formula is C13H23N3O3. The lowest BCUT2D eigenvalue weighted by Gasteiger charge is -2.18. The lowest BCUT2D eigenvalue weighted by atomic mass is 10.2.